The Balaban J connectivity index is 1.71. The van der Waals surface area contributed by atoms with E-state index in [0.717, 1.165) is 28.1 Å². The van der Waals surface area contributed by atoms with Crippen molar-refractivity contribution in [2.45, 2.75) is 25.9 Å². The van der Waals surface area contributed by atoms with E-state index < -0.39 is 0 Å². The van der Waals surface area contributed by atoms with Gasteiger partial charge in [-0.3, -0.25) is 14.2 Å². The Kier molecular flexibility index (Phi) is 5.98. The standard InChI is InChI=1S/C24H23N3O2S2/c1-15-6-5-7-18(12-15)26(4)21(28)14-31-24-25-19-10-11-30-22(19)23(29)27(24)20-13-16(2)8-9-17(20)3/h5-13H,14H2,1-4H3. The zero-order valence-corrected chi connectivity index (χ0v) is 19.5. The Bertz CT molecular complexity index is 1340. The number of thiophene rings is 1. The summed E-state index contributed by atoms with van der Waals surface area (Å²) in [6.45, 7) is 5.97. The number of thioether (sulfide) groups is 1. The van der Waals surface area contributed by atoms with Crippen LogP contribution >= 0.6 is 23.1 Å². The fraction of sp³-hybridized carbons (Fsp3) is 0.208. The lowest BCUT2D eigenvalue weighted by molar-refractivity contribution is -0.115. The lowest BCUT2D eigenvalue weighted by Gasteiger charge is -2.19. The van der Waals surface area contributed by atoms with E-state index in [1.807, 2.05) is 74.7 Å². The summed E-state index contributed by atoms with van der Waals surface area (Å²) in [5.74, 6) is 0.125. The molecular formula is C24H23N3O2S2. The highest BCUT2D eigenvalue weighted by Crippen LogP contribution is 2.26. The van der Waals surface area contributed by atoms with E-state index in [1.54, 1.807) is 16.5 Å². The molecule has 0 fully saturated rings. The first-order valence-corrected chi connectivity index (χ1v) is 11.8. The SMILES string of the molecule is Cc1cccc(N(C)C(=O)CSc2nc3ccsc3c(=O)n2-c2cc(C)ccc2C)c1. The van der Waals surface area contributed by atoms with Crippen molar-refractivity contribution in [1.29, 1.82) is 0 Å². The third kappa shape index (κ3) is 4.29. The summed E-state index contributed by atoms with van der Waals surface area (Å²) in [6.07, 6.45) is 0. The molecule has 0 spiro atoms. The predicted molar refractivity (Wildman–Crippen MR) is 130 cm³/mol. The minimum atomic E-state index is -0.101. The number of aromatic nitrogens is 2. The summed E-state index contributed by atoms with van der Waals surface area (Å²) < 4.78 is 2.26. The molecule has 1 amide bonds. The van der Waals surface area contributed by atoms with Gasteiger partial charge in [0.25, 0.3) is 5.56 Å². The molecule has 0 saturated carbocycles. The molecule has 0 bridgehead atoms. The van der Waals surface area contributed by atoms with Crippen molar-refractivity contribution < 1.29 is 4.79 Å². The van der Waals surface area contributed by atoms with Crippen molar-refractivity contribution in [3.8, 4) is 5.69 Å². The highest BCUT2D eigenvalue weighted by atomic mass is 32.2. The zero-order valence-electron chi connectivity index (χ0n) is 17.9. The molecule has 7 heteroatoms. The maximum Gasteiger partial charge on any atom is 0.276 e. The molecule has 0 atom stereocenters. The molecule has 0 aliphatic rings. The lowest BCUT2D eigenvalue weighted by Crippen LogP contribution is -2.28. The van der Waals surface area contributed by atoms with Crippen LogP contribution < -0.4 is 10.5 Å². The lowest BCUT2D eigenvalue weighted by atomic mass is 10.1. The number of carbonyl (C=O) groups excluding carboxylic acids is 1. The van der Waals surface area contributed by atoms with E-state index in [9.17, 15) is 9.59 Å². The number of nitrogens with zero attached hydrogens (tertiary/aromatic N) is 3. The van der Waals surface area contributed by atoms with Crippen LogP contribution in [0.15, 0.2) is 63.9 Å². The minimum Gasteiger partial charge on any atom is -0.315 e. The van der Waals surface area contributed by atoms with Crippen LogP contribution in [0.1, 0.15) is 16.7 Å². The van der Waals surface area contributed by atoms with Gasteiger partial charge in [0.1, 0.15) is 4.70 Å². The number of hydrogen-bond donors (Lipinski definition) is 0. The van der Waals surface area contributed by atoms with Crippen LogP contribution in [0.2, 0.25) is 0 Å². The molecule has 2 aromatic heterocycles. The van der Waals surface area contributed by atoms with E-state index in [4.69, 9.17) is 4.98 Å². The molecule has 0 saturated heterocycles. The molecule has 158 valence electrons. The summed E-state index contributed by atoms with van der Waals surface area (Å²) in [6, 6.07) is 15.7. The molecule has 4 aromatic rings. The molecule has 2 heterocycles. The van der Waals surface area contributed by atoms with Crippen molar-refractivity contribution in [1.82, 2.24) is 9.55 Å². The summed E-state index contributed by atoms with van der Waals surface area (Å²) in [4.78, 5) is 32.6. The average molecular weight is 450 g/mol. The van der Waals surface area contributed by atoms with E-state index in [1.165, 1.54) is 23.1 Å². The Labute approximate surface area is 189 Å². The smallest absolute Gasteiger partial charge is 0.276 e. The van der Waals surface area contributed by atoms with Crippen LogP contribution in [0, 0.1) is 20.8 Å². The fourth-order valence-corrected chi connectivity index (χ4v) is 5.04. The highest BCUT2D eigenvalue weighted by molar-refractivity contribution is 7.99. The van der Waals surface area contributed by atoms with Crippen LogP contribution in [0.5, 0.6) is 0 Å². The second-order valence-corrected chi connectivity index (χ2v) is 9.40. The molecule has 31 heavy (non-hydrogen) atoms. The van der Waals surface area contributed by atoms with E-state index in [0.29, 0.717) is 15.4 Å². The maximum absolute atomic E-state index is 13.3. The number of benzene rings is 2. The van der Waals surface area contributed by atoms with Crippen LogP contribution in [-0.4, -0.2) is 28.3 Å². The molecule has 5 nitrogen and oxygen atoms in total. The largest absolute Gasteiger partial charge is 0.315 e. The Morgan fingerprint density at radius 3 is 2.65 bits per heavy atom. The van der Waals surface area contributed by atoms with E-state index >= 15 is 0 Å². The first-order chi connectivity index (χ1) is 14.8. The van der Waals surface area contributed by atoms with Gasteiger partial charge in [0.15, 0.2) is 5.16 Å². The van der Waals surface area contributed by atoms with Crippen molar-refractivity contribution in [3.63, 3.8) is 0 Å². The van der Waals surface area contributed by atoms with E-state index in [-0.39, 0.29) is 17.2 Å². The van der Waals surface area contributed by atoms with Gasteiger partial charge in [0, 0.05) is 12.7 Å². The van der Waals surface area contributed by atoms with Crippen LogP contribution in [-0.2, 0) is 4.79 Å². The first kappa shape index (κ1) is 21.3. The number of hydrogen-bond acceptors (Lipinski definition) is 5. The summed E-state index contributed by atoms with van der Waals surface area (Å²) in [5, 5.41) is 2.40. The summed E-state index contributed by atoms with van der Waals surface area (Å²) >= 11 is 2.68. The minimum absolute atomic E-state index is 0.0530. The van der Waals surface area contributed by atoms with Gasteiger partial charge >= 0.3 is 0 Å². The topological polar surface area (TPSA) is 55.2 Å². The molecule has 0 aliphatic carbocycles. The number of aryl methyl sites for hydroxylation is 3. The van der Waals surface area contributed by atoms with Gasteiger partial charge in [-0.05, 0) is 67.1 Å². The number of amides is 1. The third-order valence-electron chi connectivity index (χ3n) is 5.14. The van der Waals surface area contributed by atoms with Gasteiger partial charge in [-0.1, -0.05) is 36.0 Å². The van der Waals surface area contributed by atoms with Crippen molar-refractivity contribution in [2.75, 3.05) is 17.7 Å². The van der Waals surface area contributed by atoms with Gasteiger partial charge in [-0.2, -0.15) is 0 Å². The number of anilines is 1. The van der Waals surface area contributed by atoms with Gasteiger partial charge in [0.05, 0.1) is 17.0 Å². The molecule has 4 rings (SSSR count). The summed E-state index contributed by atoms with van der Waals surface area (Å²) in [7, 11) is 1.77. The first-order valence-electron chi connectivity index (χ1n) is 9.89. The molecule has 0 radical (unpaired) electrons. The monoisotopic (exact) mass is 449 g/mol. The van der Waals surface area contributed by atoms with Gasteiger partial charge in [-0.25, -0.2) is 4.98 Å². The molecular weight excluding hydrogens is 426 g/mol. The second-order valence-electron chi connectivity index (χ2n) is 7.54. The molecule has 0 aliphatic heterocycles. The van der Waals surface area contributed by atoms with Gasteiger partial charge in [0.2, 0.25) is 5.91 Å². The second kappa shape index (κ2) is 8.69. The van der Waals surface area contributed by atoms with Crippen molar-refractivity contribution in [2.24, 2.45) is 0 Å². The number of carbonyl (C=O) groups is 1. The van der Waals surface area contributed by atoms with E-state index in [2.05, 4.69) is 0 Å². The Hall–Kier alpha value is -2.90. The number of rotatable bonds is 5. The van der Waals surface area contributed by atoms with Gasteiger partial charge in [-0.15, -0.1) is 11.3 Å². The van der Waals surface area contributed by atoms with Crippen LogP contribution in [0.25, 0.3) is 15.9 Å². The highest BCUT2D eigenvalue weighted by Gasteiger charge is 2.18. The zero-order chi connectivity index (χ0) is 22.1. The Morgan fingerprint density at radius 2 is 1.87 bits per heavy atom. The summed E-state index contributed by atoms with van der Waals surface area (Å²) in [5.41, 5.74) is 5.35. The quantitative estimate of drug-likeness (QED) is 0.313. The molecule has 0 unspecified atom stereocenters. The third-order valence-corrected chi connectivity index (χ3v) is 6.96. The molecule has 2 aromatic carbocycles. The van der Waals surface area contributed by atoms with Crippen molar-refractivity contribution >= 4 is 44.9 Å². The average Bonchev–Trinajstić information content (AvgIpc) is 3.22. The van der Waals surface area contributed by atoms with Crippen LogP contribution in [0.4, 0.5) is 5.69 Å². The predicted octanol–water partition coefficient (Wildman–Crippen LogP) is 5.13. The van der Waals surface area contributed by atoms with Gasteiger partial charge < -0.3 is 4.90 Å². The van der Waals surface area contributed by atoms with Crippen molar-refractivity contribution in [3.05, 3.63) is 81.0 Å². The molecule has 0 N–H and O–H groups in total. The number of fused-ring (bicyclic) bond motifs is 1. The Morgan fingerprint density at radius 1 is 1.10 bits per heavy atom. The maximum atomic E-state index is 13.3. The normalized spacial score (nSPS) is 11.1. The van der Waals surface area contributed by atoms with Crippen LogP contribution in [0.3, 0.4) is 0 Å². The fourth-order valence-electron chi connectivity index (χ4n) is 3.37.